The summed E-state index contributed by atoms with van der Waals surface area (Å²) in [6.45, 7) is 0.333. The Kier molecular flexibility index (Phi) is 4.50. The second kappa shape index (κ2) is 7.01. The Morgan fingerprint density at radius 1 is 1.03 bits per heavy atom. The molecule has 1 N–H and O–H groups in total. The molecular formula is C22H20N2O5. The van der Waals surface area contributed by atoms with Gasteiger partial charge in [-0.15, -0.1) is 0 Å². The maximum absolute atomic E-state index is 13.5. The fraction of sp³-hybridized carbons (Fsp3) is 0.182. The largest absolute Gasteiger partial charge is 0.497 e. The number of fused-ring (bicyclic) bond motifs is 3. The first kappa shape index (κ1) is 18.6. The lowest BCUT2D eigenvalue weighted by atomic mass is 10.1. The number of benzene rings is 2. The van der Waals surface area contributed by atoms with Crippen LogP contribution in [0.25, 0.3) is 21.8 Å². The molecule has 0 saturated carbocycles. The third-order valence-corrected chi connectivity index (χ3v) is 5.17. The van der Waals surface area contributed by atoms with E-state index in [1.165, 1.54) is 11.7 Å². The van der Waals surface area contributed by atoms with Crippen LogP contribution in [0.1, 0.15) is 16.1 Å². The third-order valence-electron chi connectivity index (χ3n) is 5.17. The molecule has 4 aromatic rings. The molecule has 7 nitrogen and oxygen atoms in total. The van der Waals surface area contributed by atoms with Gasteiger partial charge in [0.2, 0.25) is 0 Å². The van der Waals surface area contributed by atoms with Crippen molar-refractivity contribution in [3.8, 4) is 11.5 Å². The Balaban J connectivity index is 2.07. The zero-order chi connectivity index (χ0) is 20.7. The molecule has 2 aromatic heterocycles. The number of nitrogens with zero attached hydrogens (tertiary/aromatic N) is 2. The molecule has 0 radical (unpaired) electrons. The van der Waals surface area contributed by atoms with Crippen LogP contribution in [-0.2, 0) is 13.6 Å². The van der Waals surface area contributed by atoms with Crippen molar-refractivity contribution in [1.82, 2.24) is 9.13 Å². The lowest BCUT2D eigenvalue weighted by Gasteiger charge is -2.13. The Labute approximate surface area is 166 Å². The molecule has 0 aliphatic carbocycles. The van der Waals surface area contributed by atoms with Gasteiger partial charge in [-0.05, 0) is 23.8 Å². The summed E-state index contributed by atoms with van der Waals surface area (Å²) in [6.07, 6.45) is 0. The van der Waals surface area contributed by atoms with Gasteiger partial charge in [-0.2, -0.15) is 0 Å². The molecule has 0 bridgehead atoms. The average Bonchev–Trinajstić information content (AvgIpc) is 3.04. The highest BCUT2D eigenvalue weighted by molar-refractivity contribution is 6.10. The van der Waals surface area contributed by atoms with Crippen LogP contribution in [0.2, 0.25) is 0 Å². The van der Waals surface area contributed by atoms with Gasteiger partial charge in [0.05, 0.1) is 31.8 Å². The predicted octanol–water partition coefficient (Wildman–Crippen LogP) is 3.26. The quantitative estimate of drug-likeness (QED) is 0.564. The maximum atomic E-state index is 13.5. The number of hydrogen-bond donors (Lipinski definition) is 1. The van der Waals surface area contributed by atoms with Gasteiger partial charge in [0.15, 0.2) is 11.4 Å². The summed E-state index contributed by atoms with van der Waals surface area (Å²) in [6, 6.07) is 14.9. The molecule has 0 saturated heterocycles. The van der Waals surface area contributed by atoms with Crippen molar-refractivity contribution in [2.45, 2.75) is 6.54 Å². The van der Waals surface area contributed by atoms with Crippen LogP contribution in [0, 0.1) is 0 Å². The fourth-order valence-electron chi connectivity index (χ4n) is 3.83. The van der Waals surface area contributed by atoms with Crippen LogP contribution >= 0.6 is 0 Å². The number of para-hydroxylation sites is 1. The van der Waals surface area contributed by atoms with Crippen LogP contribution in [0.3, 0.4) is 0 Å². The number of hydrogen-bond acceptors (Lipinski definition) is 4. The normalized spacial score (nSPS) is 11.1. The van der Waals surface area contributed by atoms with Crippen LogP contribution in [0.15, 0.2) is 53.3 Å². The van der Waals surface area contributed by atoms with Crippen molar-refractivity contribution in [2.75, 3.05) is 14.2 Å². The highest BCUT2D eigenvalue weighted by Crippen LogP contribution is 2.34. The summed E-state index contributed by atoms with van der Waals surface area (Å²) in [5.41, 5.74) is 1.85. The number of aromatic carboxylic acids is 1. The van der Waals surface area contributed by atoms with Gasteiger partial charge in [-0.3, -0.25) is 4.79 Å². The number of rotatable bonds is 5. The summed E-state index contributed by atoms with van der Waals surface area (Å²) in [5, 5.41) is 10.7. The molecule has 0 amide bonds. The predicted molar refractivity (Wildman–Crippen MR) is 110 cm³/mol. The summed E-state index contributed by atoms with van der Waals surface area (Å²) < 4.78 is 13.7. The Morgan fingerprint density at radius 3 is 2.34 bits per heavy atom. The minimum Gasteiger partial charge on any atom is -0.497 e. The smallest absolute Gasteiger partial charge is 0.356 e. The zero-order valence-electron chi connectivity index (χ0n) is 16.3. The first-order chi connectivity index (χ1) is 14.0. The number of carboxylic acids is 1. The van der Waals surface area contributed by atoms with Crippen LogP contribution in [0.4, 0.5) is 0 Å². The highest BCUT2D eigenvalue weighted by Gasteiger charge is 2.26. The number of carboxylic acid groups (broad SMARTS) is 1. The number of pyridine rings is 1. The van der Waals surface area contributed by atoms with Crippen molar-refractivity contribution >= 4 is 27.8 Å². The van der Waals surface area contributed by atoms with Crippen molar-refractivity contribution in [1.29, 1.82) is 0 Å². The number of carbonyl (C=O) groups is 1. The Morgan fingerprint density at radius 2 is 1.72 bits per heavy atom. The Hall–Kier alpha value is -3.74. The minimum atomic E-state index is -1.15. The lowest BCUT2D eigenvalue weighted by molar-refractivity contribution is 0.0683. The van der Waals surface area contributed by atoms with Gasteiger partial charge in [0.1, 0.15) is 11.1 Å². The average molecular weight is 392 g/mol. The van der Waals surface area contributed by atoms with E-state index in [0.29, 0.717) is 12.1 Å². The van der Waals surface area contributed by atoms with Crippen LogP contribution < -0.4 is 15.0 Å². The third kappa shape index (κ3) is 2.82. The molecule has 7 heteroatoms. The van der Waals surface area contributed by atoms with E-state index in [-0.39, 0.29) is 22.4 Å². The fourth-order valence-corrected chi connectivity index (χ4v) is 3.83. The summed E-state index contributed by atoms with van der Waals surface area (Å²) in [5.74, 6) is -0.336. The van der Waals surface area contributed by atoms with Crippen molar-refractivity contribution in [3.05, 3.63) is 70.1 Å². The van der Waals surface area contributed by atoms with Gasteiger partial charge in [-0.25, -0.2) is 4.79 Å². The van der Waals surface area contributed by atoms with E-state index >= 15 is 0 Å². The van der Waals surface area contributed by atoms with Crippen LogP contribution in [0.5, 0.6) is 11.5 Å². The number of ether oxygens (including phenoxy) is 2. The molecule has 148 valence electrons. The van der Waals surface area contributed by atoms with Gasteiger partial charge < -0.3 is 23.7 Å². The maximum Gasteiger partial charge on any atom is 0.356 e. The van der Waals surface area contributed by atoms with E-state index in [4.69, 9.17) is 9.47 Å². The number of aromatic nitrogens is 2. The lowest BCUT2D eigenvalue weighted by Crippen LogP contribution is -2.21. The molecule has 0 fully saturated rings. The first-order valence-electron chi connectivity index (χ1n) is 9.02. The van der Waals surface area contributed by atoms with Gasteiger partial charge in [-0.1, -0.05) is 30.3 Å². The molecule has 0 spiro atoms. The molecular weight excluding hydrogens is 372 g/mol. The van der Waals surface area contributed by atoms with E-state index in [0.717, 1.165) is 22.2 Å². The molecule has 2 aromatic carbocycles. The standard InChI is InChI=1S/C22H20N2O5/c1-23-18-15-6-4-5-7-16(15)24(12-13-8-10-14(28-2)11-9-13)21(25)17(18)20(29-3)19(23)22(26)27/h4-11H,12H2,1-3H3,(H,26,27). The van der Waals surface area contributed by atoms with E-state index in [1.54, 1.807) is 18.7 Å². The topological polar surface area (TPSA) is 82.7 Å². The highest BCUT2D eigenvalue weighted by atomic mass is 16.5. The van der Waals surface area contributed by atoms with E-state index in [2.05, 4.69) is 0 Å². The Bertz CT molecular complexity index is 1300. The van der Waals surface area contributed by atoms with Gasteiger partial charge in [0.25, 0.3) is 5.56 Å². The second-order valence-corrected chi connectivity index (χ2v) is 6.73. The molecule has 29 heavy (non-hydrogen) atoms. The second-order valence-electron chi connectivity index (χ2n) is 6.73. The zero-order valence-corrected chi connectivity index (χ0v) is 16.3. The summed E-state index contributed by atoms with van der Waals surface area (Å²) in [4.78, 5) is 25.3. The van der Waals surface area contributed by atoms with Crippen molar-refractivity contribution in [2.24, 2.45) is 7.05 Å². The number of methoxy groups -OCH3 is 2. The molecule has 0 aliphatic heterocycles. The van der Waals surface area contributed by atoms with Crippen molar-refractivity contribution in [3.63, 3.8) is 0 Å². The molecule has 0 atom stereocenters. The van der Waals surface area contributed by atoms with Crippen LogP contribution in [-0.4, -0.2) is 34.4 Å². The van der Waals surface area contributed by atoms with E-state index in [1.807, 2.05) is 48.5 Å². The minimum absolute atomic E-state index is 0.0491. The van der Waals surface area contributed by atoms with Gasteiger partial charge >= 0.3 is 5.97 Å². The summed E-state index contributed by atoms with van der Waals surface area (Å²) in [7, 11) is 4.61. The van der Waals surface area contributed by atoms with Crippen molar-refractivity contribution < 1.29 is 19.4 Å². The molecule has 2 heterocycles. The van der Waals surface area contributed by atoms with Gasteiger partial charge in [0, 0.05) is 12.4 Å². The van der Waals surface area contributed by atoms with E-state index < -0.39 is 5.97 Å². The molecule has 0 aliphatic rings. The molecule has 4 rings (SSSR count). The first-order valence-corrected chi connectivity index (χ1v) is 9.02. The SMILES string of the molecule is COc1ccc(Cn2c(=O)c3c(OC)c(C(=O)O)n(C)c3c3ccccc32)cc1. The monoisotopic (exact) mass is 392 g/mol. The molecule has 0 unspecified atom stereocenters. The van der Waals surface area contributed by atoms with E-state index in [9.17, 15) is 14.7 Å². The summed E-state index contributed by atoms with van der Waals surface area (Å²) >= 11 is 0. The number of aryl methyl sites for hydroxylation is 1.